The predicted molar refractivity (Wildman–Crippen MR) is 99.3 cm³/mol. The van der Waals surface area contributed by atoms with Crippen molar-refractivity contribution in [3.05, 3.63) is 71.7 Å². The van der Waals surface area contributed by atoms with Crippen LogP contribution in [0.5, 0.6) is 0 Å². The molecule has 0 saturated carbocycles. The zero-order valence-electron chi connectivity index (χ0n) is 19.8. The number of aliphatic hydroxyl groups is 1. The Balaban J connectivity index is 1.82. The van der Waals surface area contributed by atoms with Crippen LogP contribution in [-0.4, -0.2) is 48.3 Å². The Morgan fingerprint density at radius 2 is 1.81 bits per heavy atom. The zero-order valence-corrected chi connectivity index (χ0v) is 14.8. The van der Waals surface area contributed by atoms with Crippen LogP contribution in [-0.2, 0) is 15.1 Å². The van der Waals surface area contributed by atoms with Crippen molar-refractivity contribution in [3.63, 3.8) is 0 Å². The summed E-state index contributed by atoms with van der Waals surface area (Å²) in [5, 5.41) is 11.7. The SMILES string of the molecule is [2H]c1c([2H])c([2H])c(C(O)(C(=O)OC2C[N+]3(C)CCC2CC3)c2ccccc2)c([2H])c1[2H]. The maximum absolute atomic E-state index is 13.5. The lowest BCUT2D eigenvalue weighted by Crippen LogP contribution is -2.62. The molecule has 4 nitrogen and oxygen atoms in total. The van der Waals surface area contributed by atoms with Crippen molar-refractivity contribution < 1.29 is 26.0 Å². The monoisotopic (exact) mass is 357 g/mol. The van der Waals surface area contributed by atoms with E-state index in [1.807, 2.05) is 0 Å². The van der Waals surface area contributed by atoms with E-state index >= 15 is 0 Å². The van der Waals surface area contributed by atoms with Gasteiger partial charge in [0.05, 0.1) is 27.0 Å². The summed E-state index contributed by atoms with van der Waals surface area (Å²) in [7, 11) is 2.12. The molecular weight excluding hydrogens is 326 g/mol. The molecular formula is C22H26NO3+. The number of fused-ring (bicyclic) bond motifs is 3. The van der Waals surface area contributed by atoms with Crippen LogP contribution in [0.1, 0.15) is 30.8 Å². The van der Waals surface area contributed by atoms with Crippen molar-refractivity contribution in [3.8, 4) is 0 Å². The number of hydrogen-bond donors (Lipinski definition) is 1. The van der Waals surface area contributed by atoms with Crippen LogP contribution in [0.25, 0.3) is 0 Å². The Bertz CT molecular complexity index is 995. The average molecular weight is 357 g/mol. The molecule has 0 radical (unpaired) electrons. The number of rotatable bonds is 4. The number of carbonyl (C=O) groups excluding carboxylic acids is 1. The summed E-state index contributed by atoms with van der Waals surface area (Å²) >= 11 is 0. The number of carbonyl (C=O) groups is 1. The van der Waals surface area contributed by atoms with E-state index in [9.17, 15) is 9.90 Å². The van der Waals surface area contributed by atoms with Gasteiger partial charge >= 0.3 is 5.97 Å². The lowest BCUT2D eigenvalue weighted by Gasteiger charge is -2.50. The van der Waals surface area contributed by atoms with Gasteiger partial charge in [-0.1, -0.05) is 60.5 Å². The van der Waals surface area contributed by atoms with Gasteiger partial charge in [-0.05, 0) is 11.1 Å². The van der Waals surface area contributed by atoms with E-state index in [1.165, 1.54) is 12.1 Å². The van der Waals surface area contributed by atoms with E-state index in [1.54, 1.807) is 18.2 Å². The van der Waals surface area contributed by atoms with Crippen LogP contribution in [0.15, 0.2) is 60.5 Å². The van der Waals surface area contributed by atoms with E-state index in [0.717, 1.165) is 30.4 Å². The first-order chi connectivity index (χ1) is 14.6. The minimum absolute atomic E-state index is 0.0974. The lowest BCUT2D eigenvalue weighted by molar-refractivity contribution is -0.928. The first-order valence-corrected chi connectivity index (χ1v) is 8.98. The molecule has 5 rings (SSSR count). The molecule has 0 spiro atoms. The van der Waals surface area contributed by atoms with E-state index < -0.39 is 47.3 Å². The van der Waals surface area contributed by atoms with Gasteiger partial charge in [-0.2, -0.15) is 0 Å². The Morgan fingerprint density at radius 3 is 2.42 bits per heavy atom. The minimum atomic E-state index is -2.53. The van der Waals surface area contributed by atoms with Gasteiger partial charge in [0.1, 0.15) is 6.54 Å². The van der Waals surface area contributed by atoms with Gasteiger partial charge in [-0.3, -0.25) is 0 Å². The summed E-state index contributed by atoms with van der Waals surface area (Å²) in [6.45, 7) is 2.68. The van der Waals surface area contributed by atoms with Gasteiger partial charge in [0, 0.05) is 18.8 Å². The molecule has 3 saturated heterocycles. The number of hydrogen-bond acceptors (Lipinski definition) is 3. The van der Waals surface area contributed by atoms with Gasteiger partial charge in [-0.15, -0.1) is 0 Å². The molecule has 3 heterocycles. The fourth-order valence-electron chi connectivity index (χ4n) is 4.18. The number of nitrogens with zero attached hydrogens (tertiary/aromatic N) is 1. The maximum Gasteiger partial charge on any atom is 0.348 e. The molecule has 0 aromatic heterocycles. The third kappa shape index (κ3) is 2.93. The third-order valence-electron chi connectivity index (χ3n) is 5.83. The Labute approximate surface area is 161 Å². The van der Waals surface area contributed by atoms with Gasteiger partial charge in [-0.25, -0.2) is 4.79 Å². The molecule has 26 heavy (non-hydrogen) atoms. The Morgan fingerprint density at radius 1 is 1.15 bits per heavy atom. The molecule has 0 aliphatic carbocycles. The largest absolute Gasteiger partial charge is 0.453 e. The molecule has 3 fully saturated rings. The average Bonchev–Trinajstić information content (AvgIpc) is 2.77. The standard InChI is InChI=1S/C22H26NO3/c1-23-14-12-17(13-15-23)20(16-23)26-21(24)22(25,18-8-4-2-5-9-18)19-10-6-3-7-11-19/h2-11,17,20,25H,12-16H2,1H3/q+1/i2D,4D,5D,8D,9D. The fraction of sp³-hybridized carbons (Fsp3) is 0.409. The molecule has 2 bridgehead atoms. The highest BCUT2D eigenvalue weighted by molar-refractivity contribution is 5.85. The van der Waals surface area contributed by atoms with Crippen LogP contribution in [0.2, 0.25) is 0 Å². The van der Waals surface area contributed by atoms with E-state index in [0.29, 0.717) is 6.54 Å². The van der Waals surface area contributed by atoms with Gasteiger partial charge in [0.2, 0.25) is 5.60 Å². The van der Waals surface area contributed by atoms with Crippen molar-refractivity contribution in [2.75, 3.05) is 26.7 Å². The van der Waals surface area contributed by atoms with E-state index in [-0.39, 0.29) is 17.6 Å². The summed E-state index contributed by atoms with van der Waals surface area (Å²) < 4.78 is 47.1. The van der Waals surface area contributed by atoms with Gasteiger partial charge < -0.3 is 14.3 Å². The number of quaternary nitrogens is 1. The first-order valence-electron chi connectivity index (χ1n) is 11.5. The molecule has 2 atom stereocenters. The molecule has 136 valence electrons. The fourth-order valence-corrected chi connectivity index (χ4v) is 4.18. The maximum atomic E-state index is 13.5. The highest BCUT2D eigenvalue weighted by Gasteiger charge is 2.49. The molecule has 1 N–H and O–H groups in total. The van der Waals surface area contributed by atoms with Crippen LogP contribution >= 0.6 is 0 Å². The normalized spacial score (nSPS) is 32.5. The molecule has 2 aromatic carbocycles. The van der Waals surface area contributed by atoms with Crippen molar-refractivity contribution in [1.82, 2.24) is 0 Å². The molecule has 3 aliphatic heterocycles. The van der Waals surface area contributed by atoms with Gasteiger partial charge in [0.25, 0.3) is 0 Å². The zero-order chi connectivity index (χ0) is 22.6. The number of likely N-dealkylation sites (N-methyl/N-ethyl adjacent to an activating group) is 1. The van der Waals surface area contributed by atoms with Crippen LogP contribution in [0.4, 0.5) is 0 Å². The summed E-state index contributed by atoms with van der Waals surface area (Å²) in [5.74, 6) is -0.813. The second-order valence-electron chi connectivity index (χ2n) is 7.61. The highest BCUT2D eigenvalue weighted by atomic mass is 16.6. The second kappa shape index (κ2) is 6.53. The molecule has 2 aromatic rings. The lowest BCUT2D eigenvalue weighted by atomic mass is 9.83. The summed E-state index contributed by atoms with van der Waals surface area (Å²) in [5.41, 5.74) is -2.92. The van der Waals surface area contributed by atoms with Crippen LogP contribution in [0, 0.1) is 5.92 Å². The second-order valence-corrected chi connectivity index (χ2v) is 7.61. The van der Waals surface area contributed by atoms with Crippen molar-refractivity contribution in [2.24, 2.45) is 5.92 Å². The quantitative estimate of drug-likeness (QED) is 0.676. The smallest absolute Gasteiger partial charge is 0.348 e. The minimum Gasteiger partial charge on any atom is -0.453 e. The summed E-state index contributed by atoms with van der Waals surface area (Å²) in [6.07, 6.45) is 1.46. The number of benzene rings is 2. The summed E-state index contributed by atoms with van der Waals surface area (Å²) in [4.78, 5) is 13.5. The van der Waals surface area contributed by atoms with E-state index in [4.69, 9.17) is 11.6 Å². The summed E-state index contributed by atoms with van der Waals surface area (Å²) in [6, 6.07) is 4.86. The Hall–Kier alpha value is -2.17. The topological polar surface area (TPSA) is 46.5 Å². The number of esters is 1. The van der Waals surface area contributed by atoms with E-state index in [2.05, 4.69) is 7.05 Å². The van der Waals surface area contributed by atoms with Crippen molar-refractivity contribution in [1.29, 1.82) is 0 Å². The molecule has 4 heteroatoms. The predicted octanol–water partition coefficient (Wildman–Crippen LogP) is 2.70. The molecule has 2 unspecified atom stereocenters. The van der Waals surface area contributed by atoms with Crippen LogP contribution < -0.4 is 0 Å². The Kier molecular flexibility index (Phi) is 3.08. The molecule has 0 amide bonds. The van der Waals surface area contributed by atoms with Crippen LogP contribution in [0.3, 0.4) is 0 Å². The number of ether oxygens (including phenoxy) is 1. The van der Waals surface area contributed by atoms with Crippen molar-refractivity contribution in [2.45, 2.75) is 24.5 Å². The van der Waals surface area contributed by atoms with Gasteiger partial charge in [0.15, 0.2) is 6.10 Å². The highest BCUT2D eigenvalue weighted by Crippen LogP contribution is 2.37. The number of piperidine rings is 3. The van der Waals surface area contributed by atoms with Crippen molar-refractivity contribution >= 4 is 5.97 Å². The molecule has 3 aliphatic rings. The third-order valence-corrected chi connectivity index (χ3v) is 5.83. The first kappa shape index (κ1) is 12.3.